The number of halogens is 2. The Kier molecular flexibility index (Phi) is 9.52. The van der Waals surface area contributed by atoms with Crippen LogP contribution >= 0.6 is 0 Å². The smallest absolute Gasteiger partial charge is 0.240 e. The fourth-order valence-electron chi connectivity index (χ4n) is 6.94. The number of aliphatic hydroxyl groups excluding tert-OH is 2. The molecule has 3 amide bonds. The van der Waals surface area contributed by atoms with Crippen LogP contribution in [0.15, 0.2) is 42.5 Å². The summed E-state index contributed by atoms with van der Waals surface area (Å²) in [6.07, 6.45) is -4.47. The molecule has 248 valence electrons. The molecule has 46 heavy (non-hydrogen) atoms. The zero-order valence-electron chi connectivity index (χ0n) is 25.5. The number of nitrogens with one attached hydrogen (secondary N) is 2. The van der Waals surface area contributed by atoms with Crippen molar-refractivity contribution in [2.45, 2.75) is 68.5 Å². The van der Waals surface area contributed by atoms with Crippen molar-refractivity contribution in [2.75, 3.05) is 39.8 Å². The van der Waals surface area contributed by atoms with Crippen LogP contribution in [0.3, 0.4) is 0 Å². The van der Waals surface area contributed by atoms with Gasteiger partial charge in [-0.1, -0.05) is 18.2 Å². The third-order valence-electron chi connectivity index (χ3n) is 9.37. The summed E-state index contributed by atoms with van der Waals surface area (Å²) in [6.45, 7) is 1.42. The average Bonchev–Trinajstić information content (AvgIpc) is 3.55. The fraction of sp³-hybridized carbons (Fsp3) is 0.531. The van der Waals surface area contributed by atoms with Crippen molar-refractivity contribution in [2.24, 2.45) is 0 Å². The molecule has 4 aliphatic rings. The number of amides is 3. The van der Waals surface area contributed by atoms with Crippen molar-refractivity contribution in [1.29, 1.82) is 0 Å². The highest BCUT2D eigenvalue weighted by atomic mass is 19.2. The summed E-state index contributed by atoms with van der Waals surface area (Å²) in [4.78, 5) is 46.4. The van der Waals surface area contributed by atoms with E-state index in [0.717, 1.165) is 17.7 Å². The molecular weight excluding hydrogens is 604 g/mol. The van der Waals surface area contributed by atoms with E-state index in [1.54, 1.807) is 12.0 Å². The van der Waals surface area contributed by atoms with Crippen LogP contribution in [0.25, 0.3) is 0 Å². The molecule has 12 nitrogen and oxygen atoms in total. The number of carbonyl (C=O) groups is 3. The minimum atomic E-state index is -1.33. The highest BCUT2D eigenvalue weighted by Crippen LogP contribution is 2.28. The van der Waals surface area contributed by atoms with Gasteiger partial charge in [0.25, 0.3) is 0 Å². The fourth-order valence-corrected chi connectivity index (χ4v) is 6.94. The first kappa shape index (κ1) is 32.3. The number of nitrogens with zero attached hydrogens (tertiary/aromatic N) is 3. The Morgan fingerprint density at radius 1 is 0.913 bits per heavy atom. The van der Waals surface area contributed by atoms with Gasteiger partial charge in [0.1, 0.15) is 30.1 Å². The number of benzene rings is 2. The van der Waals surface area contributed by atoms with Gasteiger partial charge < -0.3 is 35.2 Å². The molecule has 4 heterocycles. The summed E-state index contributed by atoms with van der Waals surface area (Å²) in [5, 5.41) is 27.0. The van der Waals surface area contributed by atoms with Gasteiger partial charge in [0, 0.05) is 51.9 Å². The highest BCUT2D eigenvalue weighted by molar-refractivity contribution is 5.86. The number of carbonyl (C=O) groups excluding carboxylic acids is 3. The molecule has 0 radical (unpaired) electrons. The molecule has 0 saturated carbocycles. The number of methoxy groups -OCH3 is 1. The third kappa shape index (κ3) is 6.86. The summed E-state index contributed by atoms with van der Waals surface area (Å²) in [5.41, 5.74) is 1.39. The number of rotatable bonds is 5. The number of hydrogen-bond donors (Lipinski definition) is 4. The summed E-state index contributed by atoms with van der Waals surface area (Å²) >= 11 is 0. The van der Waals surface area contributed by atoms with Gasteiger partial charge in [0.2, 0.25) is 17.7 Å². The van der Waals surface area contributed by atoms with Crippen LogP contribution in [0.2, 0.25) is 0 Å². The van der Waals surface area contributed by atoms with Crippen LogP contribution in [0.1, 0.15) is 24.0 Å². The summed E-state index contributed by atoms with van der Waals surface area (Å²) in [6, 6.07) is 9.30. The summed E-state index contributed by atoms with van der Waals surface area (Å²) in [5.74, 6) is -2.28. The molecule has 4 N–H and O–H groups in total. The van der Waals surface area contributed by atoms with E-state index in [9.17, 15) is 33.4 Å². The lowest BCUT2D eigenvalue weighted by Gasteiger charge is -2.42. The van der Waals surface area contributed by atoms with E-state index >= 15 is 0 Å². The van der Waals surface area contributed by atoms with Crippen LogP contribution in [0.5, 0.6) is 5.75 Å². The van der Waals surface area contributed by atoms with Gasteiger partial charge in [-0.05, 0) is 41.8 Å². The lowest BCUT2D eigenvalue weighted by molar-refractivity contribution is -0.142. The Labute approximate surface area is 265 Å². The molecule has 0 unspecified atom stereocenters. The van der Waals surface area contributed by atoms with E-state index < -0.39 is 54.0 Å². The second kappa shape index (κ2) is 13.6. The largest absolute Gasteiger partial charge is 0.497 e. The second-order valence-corrected chi connectivity index (χ2v) is 12.5. The van der Waals surface area contributed by atoms with Crippen LogP contribution in [0.4, 0.5) is 8.78 Å². The molecule has 0 aromatic heterocycles. The van der Waals surface area contributed by atoms with Crippen LogP contribution in [0, 0.1) is 11.6 Å². The molecule has 2 aromatic rings. The summed E-state index contributed by atoms with van der Waals surface area (Å²) < 4.78 is 38.8. The minimum Gasteiger partial charge on any atom is -0.497 e. The van der Waals surface area contributed by atoms with Gasteiger partial charge in [-0.2, -0.15) is 0 Å². The van der Waals surface area contributed by atoms with Crippen LogP contribution in [-0.4, -0.2) is 125 Å². The van der Waals surface area contributed by atoms with E-state index in [1.807, 2.05) is 34.1 Å². The minimum absolute atomic E-state index is 0.0359. The van der Waals surface area contributed by atoms with Crippen molar-refractivity contribution in [3.8, 4) is 5.75 Å². The molecule has 2 aromatic carbocycles. The Bertz CT molecular complexity index is 1470. The molecule has 0 spiro atoms. The molecule has 14 heteroatoms. The van der Waals surface area contributed by atoms with E-state index in [4.69, 9.17) is 9.47 Å². The van der Waals surface area contributed by atoms with Gasteiger partial charge in [-0.3, -0.25) is 24.2 Å². The summed E-state index contributed by atoms with van der Waals surface area (Å²) in [7, 11) is 1.58. The monoisotopic (exact) mass is 643 g/mol. The molecule has 4 saturated heterocycles. The first-order valence-corrected chi connectivity index (χ1v) is 15.5. The van der Waals surface area contributed by atoms with Crippen molar-refractivity contribution in [1.82, 2.24) is 25.3 Å². The molecule has 4 fully saturated rings. The normalized spacial score (nSPS) is 31.1. The Morgan fingerprint density at radius 3 is 2.46 bits per heavy atom. The van der Waals surface area contributed by atoms with Crippen molar-refractivity contribution >= 4 is 17.7 Å². The highest BCUT2D eigenvalue weighted by Gasteiger charge is 2.46. The first-order chi connectivity index (χ1) is 22.1. The molecular formula is C32H39F2N5O7. The van der Waals surface area contributed by atoms with Crippen molar-refractivity contribution in [3.05, 3.63) is 65.2 Å². The van der Waals surface area contributed by atoms with Crippen molar-refractivity contribution < 1.29 is 42.9 Å². The molecule has 6 rings (SSSR count). The van der Waals surface area contributed by atoms with E-state index in [0.29, 0.717) is 37.4 Å². The standard InChI is InChI=1S/C32H39F2N5O7/c1-45-21-4-2-3-18(9-21)15-39-16-20-11-24(39)32(44)38-8-7-37(14-19-5-6-22(33)23(34)10-19)25(17-38)31(43)35-13-27-30(42)29(41)26(46-27)12-28(40)36-20/h2-6,9-10,20,24-27,29-30,41-42H,7-8,11-17H2,1H3,(H,35,43)(H,36,40)/t20-,24-,25-,26-,27+,29-,30+/m0/s1. The maximum absolute atomic E-state index is 14.2. The van der Waals surface area contributed by atoms with Crippen LogP contribution in [-0.2, 0) is 32.2 Å². The van der Waals surface area contributed by atoms with Crippen LogP contribution < -0.4 is 15.4 Å². The van der Waals surface area contributed by atoms with Gasteiger partial charge in [0.15, 0.2) is 11.6 Å². The van der Waals surface area contributed by atoms with Gasteiger partial charge in [0.05, 0.1) is 25.7 Å². The lowest BCUT2D eigenvalue weighted by atomic mass is 10.0. The zero-order valence-corrected chi connectivity index (χ0v) is 25.5. The maximum Gasteiger partial charge on any atom is 0.240 e. The number of ether oxygens (including phenoxy) is 2. The van der Waals surface area contributed by atoms with Gasteiger partial charge in [-0.15, -0.1) is 0 Å². The van der Waals surface area contributed by atoms with Gasteiger partial charge in [-0.25, -0.2) is 8.78 Å². The van der Waals surface area contributed by atoms with E-state index in [2.05, 4.69) is 10.6 Å². The number of piperazine rings is 1. The number of likely N-dealkylation sites (tertiary alicyclic amines) is 1. The predicted octanol–water partition coefficient (Wildman–Crippen LogP) is -0.245. The SMILES string of the molecule is COc1cccc(CN2C[C@@H]3C[C@H]2C(=O)N2CCN(Cc4ccc(F)c(F)c4)[C@@H](C2)C(=O)NC[C@H]2O[C@@H](CC(=O)N3)[C@H](O)[C@@H]2O)c1. The number of fused-ring (bicyclic) bond motifs is 6. The van der Waals surface area contributed by atoms with E-state index in [-0.39, 0.29) is 50.5 Å². The predicted molar refractivity (Wildman–Crippen MR) is 159 cm³/mol. The molecule has 7 atom stereocenters. The lowest BCUT2D eigenvalue weighted by Crippen LogP contribution is -2.62. The average molecular weight is 644 g/mol. The number of aliphatic hydroxyl groups is 2. The second-order valence-electron chi connectivity index (χ2n) is 12.5. The topological polar surface area (TPSA) is 144 Å². The molecule has 6 bridgehead atoms. The first-order valence-electron chi connectivity index (χ1n) is 15.5. The molecule has 4 aliphatic heterocycles. The molecule has 0 aliphatic carbocycles. The van der Waals surface area contributed by atoms with Crippen molar-refractivity contribution in [3.63, 3.8) is 0 Å². The zero-order chi connectivity index (χ0) is 32.5. The quantitative estimate of drug-likeness (QED) is 0.347. The number of hydrogen-bond acceptors (Lipinski definition) is 9. The Morgan fingerprint density at radius 2 is 1.67 bits per heavy atom. The maximum atomic E-state index is 14.2. The Hall–Kier alpha value is -3.69. The van der Waals surface area contributed by atoms with Gasteiger partial charge >= 0.3 is 0 Å². The Balaban J connectivity index is 1.28. The van der Waals surface area contributed by atoms with E-state index in [1.165, 1.54) is 6.07 Å². The third-order valence-corrected chi connectivity index (χ3v) is 9.37.